The van der Waals surface area contributed by atoms with E-state index in [4.69, 9.17) is 0 Å². The molecule has 1 nitrogen and oxygen atoms in total. The van der Waals surface area contributed by atoms with E-state index >= 15 is 0 Å². The van der Waals surface area contributed by atoms with Crippen LogP contribution in [0.2, 0.25) is 0 Å². The molecule has 0 saturated carbocycles. The molecule has 0 aliphatic heterocycles. The number of hydrogen-bond donors (Lipinski definition) is 0. The lowest BCUT2D eigenvalue weighted by Crippen LogP contribution is -2.55. The molecule has 2 aliphatic carbocycles. The van der Waals surface area contributed by atoms with Gasteiger partial charge in [0.2, 0.25) is 0 Å². The van der Waals surface area contributed by atoms with Crippen molar-refractivity contribution in [3.05, 3.63) is 252 Å². The van der Waals surface area contributed by atoms with Gasteiger partial charge in [-0.05, 0) is 138 Å². The maximum atomic E-state index is 2.44. The van der Waals surface area contributed by atoms with Crippen molar-refractivity contribution in [2.45, 2.75) is 24.7 Å². The Hall–Kier alpha value is -7.68. The van der Waals surface area contributed by atoms with Crippen LogP contribution in [0.3, 0.4) is 0 Å². The summed E-state index contributed by atoms with van der Waals surface area (Å²) in [6, 6.07) is 81.9. The van der Waals surface area contributed by atoms with Gasteiger partial charge in [-0.25, -0.2) is 0 Å². The molecule has 0 N–H and O–H groups in total. The summed E-state index contributed by atoms with van der Waals surface area (Å²) < 4.78 is 0. The van der Waals surface area contributed by atoms with Crippen LogP contribution in [0, 0.1) is 0 Å². The molecular formula is C64H52B5N. The van der Waals surface area contributed by atoms with Crippen LogP contribution in [0.4, 0.5) is 17.1 Å². The van der Waals surface area contributed by atoms with Crippen molar-refractivity contribution in [2.75, 3.05) is 4.90 Å². The molecule has 12 rings (SSSR count). The number of fused-ring (bicyclic) bond motifs is 6. The molecule has 10 aromatic rings. The second kappa shape index (κ2) is 16.8. The van der Waals surface area contributed by atoms with Crippen molar-refractivity contribution in [3.8, 4) is 55.6 Å². The summed E-state index contributed by atoms with van der Waals surface area (Å²) in [5.41, 5.74) is 30.1. The molecule has 328 valence electrons. The van der Waals surface area contributed by atoms with Gasteiger partial charge >= 0.3 is 0 Å². The van der Waals surface area contributed by atoms with E-state index in [1.807, 2.05) is 0 Å². The largest absolute Gasteiger partial charge is 0.310 e. The highest BCUT2D eigenvalue weighted by atomic mass is 15.1. The van der Waals surface area contributed by atoms with Crippen LogP contribution >= 0.6 is 0 Å². The van der Waals surface area contributed by atoms with Gasteiger partial charge in [-0.2, -0.15) is 0 Å². The molecule has 0 radical (unpaired) electrons. The predicted molar refractivity (Wildman–Crippen MR) is 313 cm³/mol. The second-order valence-electron chi connectivity index (χ2n) is 20.2. The molecule has 0 atom stereocenters. The van der Waals surface area contributed by atoms with E-state index < -0.39 is 5.41 Å². The SMILES string of the molecule is Bc1c(B)c(B)c(-c2ccc(N(c3cccc(-c4cccc(C5(c6ccccc6)c6ccccc6-c6ccccc65)c4)c3)c3cccc(-c4ccc5c(c4)C(C)(C)c4ccccc4-5)c3)cc2)c(B)c1B. The van der Waals surface area contributed by atoms with Gasteiger partial charge < -0.3 is 4.90 Å². The third kappa shape index (κ3) is 6.68. The number of benzene rings is 10. The van der Waals surface area contributed by atoms with Gasteiger partial charge in [0, 0.05) is 22.5 Å². The van der Waals surface area contributed by atoms with Crippen molar-refractivity contribution in [2.24, 2.45) is 0 Å². The van der Waals surface area contributed by atoms with Gasteiger partial charge in [-0.3, -0.25) is 0 Å². The maximum Gasteiger partial charge on any atom is 0.139 e. The van der Waals surface area contributed by atoms with E-state index in [9.17, 15) is 0 Å². The van der Waals surface area contributed by atoms with Crippen LogP contribution in [0.15, 0.2) is 218 Å². The van der Waals surface area contributed by atoms with Crippen LogP contribution in [0.25, 0.3) is 55.6 Å². The van der Waals surface area contributed by atoms with Crippen molar-refractivity contribution < 1.29 is 0 Å². The van der Waals surface area contributed by atoms with E-state index in [1.165, 1.54) is 111 Å². The van der Waals surface area contributed by atoms with E-state index in [2.05, 4.69) is 276 Å². The topological polar surface area (TPSA) is 3.24 Å². The lowest BCUT2D eigenvalue weighted by atomic mass is 9.60. The van der Waals surface area contributed by atoms with Crippen LogP contribution in [-0.4, -0.2) is 39.2 Å². The smallest absolute Gasteiger partial charge is 0.139 e. The van der Waals surface area contributed by atoms with Crippen LogP contribution in [-0.2, 0) is 10.8 Å². The molecule has 0 amide bonds. The van der Waals surface area contributed by atoms with E-state index in [-0.39, 0.29) is 5.41 Å². The molecule has 0 heterocycles. The molecule has 0 bridgehead atoms. The molecule has 70 heavy (non-hydrogen) atoms. The molecule has 0 saturated heterocycles. The fourth-order valence-electron chi connectivity index (χ4n) is 12.3. The van der Waals surface area contributed by atoms with Crippen molar-refractivity contribution in [3.63, 3.8) is 0 Å². The highest BCUT2D eigenvalue weighted by molar-refractivity contribution is 6.68. The predicted octanol–water partition coefficient (Wildman–Crippen LogP) is 8.12. The normalized spacial score (nSPS) is 13.5. The minimum atomic E-state index is -0.475. The standard InChI is InChI=1S/C64H52B5N/c1-63(2)53-26-9-6-23-49(53)52-34-31-43(38-56(52)63)42-17-14-22-48(37-42)70(46-32-29-39(30-33-46)57-58(65)60(67)62(69)61(68)59(57)66)47-21-13-16-41(36-47)40-15-12-20-45(35-40)64(44-18-4-3-5-19-44)54-27-10-7-24-50(54)51-25-8-11-28-55(51)64/h3-38H,65-69H2,1-2H3. The van der Waals surface area contributed by atoms with Crippen LogP contribution in [0.1, 0.15) is 47.2 Å². The van der Waals surface area contributed by atoms with Crippen molar-refractivity contribution in [1.82, 2.24) is 0 Å². The summed E-state index contributed by atoms with van der Waals surface area (Å²) in [4.78, 5) is 2.44. The summed E-state index contributed by atoms with van der Waals surface area (Å²) in [6.45, 7) is 4.72. The fourth-order valence-corrected chi connectivity index (χ4v) is 12.3. The first-order valence-corrected chi connectivity index (χ1v) is 24.8. The number of nitrogens with zero attached hydrogens (tertiary/aromatic N) is 1. The summed E-state index contributed by atoms with van der Waals surface area (Å²) >= 11 is 0. The average Bonchev–Trinajstić information content (AvgIpc) is 3.84. The van der Waals surface area contributed by atoms with E-state index in [0.717, 1.165) is 22.6 Å². The molecule has 0 fully saturated rings. The lowest BCUT2D eigenvalue weighted by Gasteiger charge is -2.34. The molecule has 0 spiro atoms. The zero-order valence-electron chi connectivity index (χ0n) is 41.2. The first kappa shape index (κ1) is 43.6. The summed E-state index contributed by atoms with van der Waals surface area (Å²) in [6.07, 6.45) is 0. The zero-order valence-corrected chi connectivity index (χ0v) is 41.2. The molecule has 2 aliphatic rings. The molecular weight excluding hydrogens is 837 g/mol. The Morgan fingerprint density at radius 1 is 0.300 bits per heavy atom. The van der Waals surface area contributed by atoms with Gasteiger partial charge in [0.25, 0.3) is 0 Å². The van der Waals surface area contributed by atoms with E-state index in [1.54, 1.807) is 0 Å². The Bertz CT molecular complexity index is 3630. The van der Waals surface area contributed by atoms with E-state index in [0.29, 0.717) is 0 Å². The number of rotatable bonds is 8. The molecule has 0 aromatic heterocycles. The van der Waals surface area contributed by atoms with Gasteiger partial charge in [0.1, 0.15) is 39.2 Å². The van der Waals surface area contributed by atoms with Gasteiger partial charge in [0.15, 0.2) is 0 Å². The van der Waals surface area contributed by atoms with Crippen LogP contribution < -0.4 is 32.2 Å². The summed E-state index contributed by atoms with van der Waals surface area (Å²) in [5.74, 6) is 0. The zero-order chi connectivity index (χ0) is 47.9. The first-order valence-electron chi connectivity index (χ1n) is 24.8. The third-order valence-electron chi connectivity index (χ3n) is 16.3. The fraction of sp³-hybridized carbons (Fsp3) is 0.0625. The third-order valence-corrected chi connectivity index (χ3v) is 16.3. The first-order chi connectivity index (χ1) is 34.0. The Morgan fingerprint density at radius 3 is 1.31 bits per heavy atom. The highest BCUT2D eigenvalue weighted by Crippen LogP contribution is 2.56. The van der Waals surface area contributed by atoms with Crippen molar-refractivity contribution in [1.29, 1.82) is 0 Å². The molecule has 6 heteroatoms. The Morgan fingerprint density at radius 2 is 0.729 bits per heavy atom. The average molecular weight is 889 g/mol. The van der Waals surface area contributed by atoms with Gasteiger partial charge in [-0.1, -0.05) is 195 Å². The number of hydrogen-bond acceptors (Lipinski definition) is 1. The molecule has 0 unspecified atom stereocenters. The summed E-state index contributed by atoms with van der Waals surface area (Å²) in [7, 11) is 11.3. The summed E-state index contributed by atoms with van der Waals surface area (Å²) in [5, 5.41) is 0. The van der Waals surface area contributed by atoms with Crippen molar-refractivity contribution >= 4 is 83.6 Å². The highest BCUT2D eigenvalue weighted by Gasteiger charge is 2.46. The molecule has 10 aromatic carbocycles. The quantitative estimate of drug-likeness (QED) is 0.140. The Labute approximate surface area is 418 Å². The minimum absolute atomic E-state index is 0.0818. The second-order valence-corrected chi connectivity index (χ2v) is 20.2. The number of anilines is 3. The van der Waals surface area contributed by atoms with Gasteiger partial charge in [-0.15, -0.1) is 16.4 Å². The minimum Gasteiger partial charge on any atom is -0.310 e. The Kier molecular flexibility index (Phi) is 10.4. The Balaban J connectivity index is 0.999. The van der Waals surface area contributed by atoms with Crippen LogP contribution in [0.5, 0.6) is 0 Å². The maximum absolute atomic E-state index is 2.44. The monoisotopic (exact) mass is 889 g/mol. The lowest BCUT2D eigenvalue weighted by molar-refractivity contribution is 0.660. The van der Waals surface area contributed by atoms with Gasteiger partial charge in [0.05, 0.1) is 5.41 Å².